The van der Waals surface area contributed by atoms with E-state index in [9.17, 15) is 18.3 Å². The summed E-state index contributed by atoms with van der Waals surface area (Å²) in [5, 5.41) is 10.2. The van der Waals surface area contributed by atoms with Crippen LogP contribution < -0.4 is 0 Å². The van der Waals surface area contributed by atoms with Crippen LogP contribution in [0.25, 0.3) is 0 Å². The number of nitrogens with zero attached hydrogens (tertiary/aromatic N) is 1. The van der Waals surface area contributed by atoms with Gasteiger partial charge in [0.2, 0.25) is 10.0 Å². The second kappa shape index (κ2) is 5.92. The lowest BCUT2D eigenvalue weighted by molar-refractivity contribution is -0.146. The van der Waals surface area contributed by atoms with Gasteiger partial charge in [-0.3, -0.25) is 4.79 Å². The molecule has 2 rings (SSSR count). The molecule has 2 atom stereocenters. The Kier molecular flexibility index (Phi) is 4.57. The Balaban J connectivity index is 2.48. The first-order valence-corrected chi connectivity index (χ1v) is 8.15. The van der Waals surface area contributed by atoms with Crippen molar-refractivity contribution in [2.45, 2.75) is 30.4 Å². The molecule has 6 nitrogen and oxygen atoms in total. The van der Waals surface area contributed by atoms with Crippen molar-refractivity contribution in [3.63, 3.8) is 0 Å². The van der Waals surface area contributed by atoms with Crippen molar-refractivity contribution in [1.82, 2.24) is 4.31 Å². The highest BCUT2D eigenvalue weighted by Gasteiger charge is 2.46. The number of methoxy groups -OCH3 is 1. The first-order valence-electron chi connectivity index (χ1n) is 6.33. The standard InChI is InChI=1S/C13H16ClNO5S/c1-8-9(14)4-3-5-11(8)21(18,19)15-7-6-10(16)12(15)13(17)20-2/h3-5,10,12,16H,6-7H2,1-2H3/t10-,12+/m1/s1. The van der Waals surface area contributed by atoms with Crippen molar-refractivity contribution in [2.75, 3.05) is 13.7 Å². The van der Waals surface area contributed by atoms with E-state index in [1.165, 1.54) is 12.1 Å². The number of carbonyl (C=O) groups excluding carboxylic acids is 1. The molecule has 116 valence electrons. The number of aliphatic hydroxyl groups excluding tert-OH is 1. The van der Waals surface area contributed by atoms with Gasteiger partial charge in [-0.15, -0.1) is 0 Å². The summed E-state index contributed by atoms with van der Waals surface area (Å²) >= 11 is 5.96. The molecule has 0 spiro atoms. The number of halogens is 1. The fourth-order valence-corrected chi connectivity index (χ4v) is 4.51. The smallest absolute Gasteiger partial charge is 0.326 e. The highest BCUT2D eigenvalue weighted by Crippen LogP contribution is 2.31. The molecule has 21 heavy (non-hydrogen) atoms. The molecule has 0 aliphatic carbocycles. The summed E-state index contributed by atoms with van der Waals surface area (Å²) in [5.41, 5.74) is 0.407. The quantitative estimate of drug-likeness (QED) is 0.832. The minimum Gasteiger partial charge on any atom is -0.468 e. The van der Waals surface area contributed by atoms with E-state index < -0.39 is 28.1 Å². The maximum absolute atomic E-state index is 12.7. The monoisotopic (exact) mass is 333 g/mol. The fraction of sp³-hybridized carbons (Fsp3) is 0.462. The van der Waals surface area contributed by atoms with E-state index in [0.29, 0.717) is 10.6 Å². The Morgan fingerprint density at radius 2 is 2.14 bits per heavy atom. The number of hydrogen-bond acceptors (Lipinski definition) is 5. The van der Waals surface area contributed by atoms with Crippen LogP contribution in [-0.2, 0) is 19.6 Å². The molecule has 0 aromatic heterocycles. The van der Waals surface area contributed by atoms with Gasteiger partial charge in [-0.05, 0) is 31.0 Å². The molecule has 1 aromatic rings. The molecular formula is C13H16ClNO5S. The predicted octanol–water partition coefficient (Wildman–Crippen LogP) is 0.945. The predicted molar refractivity (Wildman–Crippen MR) is 76.5 cm³/mol. The van der Waals surface area contributed by atoms with Gasteiger partial charge < -0.3 is 9.84 Å². The van der Waals surface area contributed by atoms with Gasteiger partial charge in [0, 0.05) is 11.6 Å². The van der Waals surface area contributed by atoms with E-state index in [2.05, 4.69) is 4.74 Å². The van der Waals surface area contributed by atoms with E-state index in [-0.39, 0.29) is 17.9 Å². The van der Waals surface area contributed by atoms with Gasteiger partial charge in [-0.25, -0.2) is 8.42 Å². The number of sulfonamides is 1. The number of esters is 1. The number of hydrogen-bond donors (Lipinski definition) is 1. The van der Waals surface area contributed by atoms with Gasteiger partial charge >= 0.3 is 5.97 Å². The average Bonchev–Trinajstić information content (AvgIpc) is 2.83. The maximum atomic E-state index is 12.7. The Morgan fingerprint density at radius 3 is 2.76 bits per heavy atom. The van der Waals surface area contributed by atoms with Crippen molar-refractivity contribution >= 4 is 27.6 Å². The Morgan fingerprint density at radius 1 is 1.48 bits per heavy atom. The van der Waals surface area contributed by atoms with Crippen LogP contribution in [0.4, 0.5) is 0 Å². The van der Waals surface area contributed by atoms with Gasteiger partial charge in [0.05, 0.1) is 18.1 Å². The normalized spacial score (nSPS) is 23.2. The molecule has 1 aromatic carbocycles. The summed E-state index contributed by atoms with van der Waals surface area (Å²) in [6.07, 6.45) is -0.898. The van der Waals surface area contributed by atoms with Gasteiger partial charge in [-0.1, -0.05) is 17.7 Å². The lowest BCUT2D eigenvalue weighted by atomic mass is 10.2. The van der Waals surface area contributed by atoms with Gasteiger partial charge in [-0.2, -0.15) is 4.31 Å². The highest BCUT2D eigenvalue weighted by molar-refractivity contribution is 7.89. The molecule has 0 bridgehead atoms. The van der Waals surface area contributed by atoms with Crippen molar-refractivity contribution in [3.05, 3.63) is 28.8 Å². The van der Waals surface area contributed by atoms with E-state index in [1.807, 2.05) is 0 Å². The van der Waals surface area contributed by atoms with Crippen LogP contribution in [0.15, 0.2) is 23.1 Å². The van der Waals surface area contributed by atoms with E-state index in [1.54, 1.807) is 13.0 Å². The van der Waals surface area contributed by atoms with Gasteiger partial charge in [0.25, 0.3) is 0 Å². The zero-order valence-corrected chi connectivity index (χ0v) is 13.2. The van der Waals surface area contributed by atoms with Crippen LogP contribution in [0.3, 0.4) is 0 Å². The first-order chi connectivity index (χ1) is 9.80. The lowest BCUT2D eigenvalue weighted by Gasteiger charge is -2.24. The molecule has 0 saturated carbocycles. The summed E-state index contributed by atoms with van der Waals surface area (Å²) < 4.78 is 31.0. The van der Waals surface area contributed by atoms with E-state index in [4.69, 9.17) is 11.6 Å². The largest absolute Gasteiger partial charge is 0.468 e. The second-order valence-corrected chi connectivity index (χ2v) is 7.07. The van der Waals surface area contributed by atoms with Crippen LogP contribution >= 0.6 is 11.6 Å². The number of benzene rings is 1. The zero-order valence-electron chi connectivity index (χ0n) is 11.6. The third-order valence-corrected chi connectivity index (χ3v) is 6.00. The number of ether oxygens (including phenoxy) is 1. The Labute approximate surface area is 128 Å². The maximum Gasteiger partial charge on any atom is 0.326 e. The molecule has 1 heterocycles. The zero-order chi connectivity index (χ0) is 15.8. The summed E-state index contributed by atoms with van der Waals surface area (Å²) in [7, 11) is -2.79. The van der Waals surface area contributed by atoms with Crippen molar-refractivity contribution < 1.29 is 23.1 Å². The molecule has 1 aliphatic rings. The Bertz CT molecular complexity index is 661. The number of carbonyl (C=O) groups is 1. The van der Waals surface area contributed by atoms with Crippen LogP contribution in [0.5, 0.6) is 0 Å². The summed E-state index contributed by atoms with van der Waals surface area (Å²) in [6.45, 7) is 1.64. The fourth-order valence-electron chi connectivity index (χ4n) is 2.41. The average molecular weight is 334 g/mol. The van der Waals surface area contributed by atoms with E-state index >= 15 is 0 Å². The van der Waals surface area contributed by atoms with E-state index in [0.717, 1.165) is 11.4 Å². The lowest BCUT2D eigenvalue weighted by Crippen LogP contribution is -2.45. The Hall–Kier alpha value is -1.15. The van der Waals surface area contributed by atoms with Crippen molar-refractivity contribution in [2.24, 2.45) is 0 Å². The molecule has 8 heteroatoms. The van der Waals surface area contributed by atoms with Crippen LogP contribution in [-0.4, -0.2) is 49.6 Å². The van der Waals surface area contributed by atoms with Crippen LogP contribution in [0, 0.1) is 6.92 Å². The SMILES string of the molecule is COC(=O)[C@@H]1[C@H](O)CCN1S(=O)(=O)c1cccc(Cl)c1C. The van der Waals surface area contributed by atoms with Crippen molar-refractivity contribution in [1.29, 1.82) is 0 Å². The highest BCUT2D eigenvalue weighted by atomic mass is 35.5. The second-order valence-electron chi connectivity index (χ2n) is 4.80. The third-order valence-electron chi connectivity index (χ3n) is 3.57. The van der Waals surface area contributed by atoms with Gasteiger partial charge in [0.15, 0.2) is 0 Å². The summed E-state index contributed by atoms with van der Waals surface area (Å²) in [6, 6.07) is 3.32. The minimum atomic E-state index is -3.94. The molecular weight excluding hydrogens is 318 g/mol. The number of rotatable bonds is 3. The molecule has 0 radical (unpaired) electrons. The molecule has 0 unspecified atom stereocenters. The van der Waals surface area contributed by atoms with Crippen LogP contribution in [0.2, 0.25) is 5.02 Å². The summed E-state index contributed by atoms with van der Waals surface area (Å²) in [4.78, 5) is 11.8. The molecule has 1 N–H and O–H groups in total. The number of aliphatic hydroxyl groups is 1. The third kappa shape index (κ3) is 2.78. The van der Waals surface area contributed by atoms with Gasteiger partial charge in [0.1, 0.15) is 6.04 Å². The topological polar surface area (TPSA) is 83.9 Å². The summed E-state index contributed by atoms with van der Waals surface area (Å²) in [5.74, 6) is -0.775. The van der Waals surface area contributed by atoms with Crippen molar-refractivity contribution in [3.8, 4) is 0 Å². The molecule has 1 saturated heterocycles. The minimum absolute atomic E-state index is 0.0259. The molecule has 1 aliphatic heterocycles. The molecule has 0 amide bonds. The first kappa shape index (κ1) is 16.2. The molecule has 1 fully saturated rings. The van der Waals surface area contributed by atoms with Crippen LogP contribution in [0.1, 0.15) is 12.0 Å².